The summed E-state index contributed by atoms with van der Waals surface area (Å²) in [6, 6.07) is 1.36. The summed E-state index contributed by atoms with van der Waals surface area (Å²) in [6.45, 7) is 2.10. The lowest BCUT2D eigenvalue weighted by atomic mass is 9.91. The van der Waals surface area contributed by atoms with E-state index in [4.69, 9.17) is 0 Å². The van der Waals surface area contributed by atoms with Crippen molar-refractivity contribution in [1.82, 2.24) is 15.1 Å². The van der Waals surface area contributed by atoms with Crippen molar-refractivity contribution in [1.29, 1.82) is 0 Å². The fourth-order valence-electron chi connectivity index (χ4n) is 2.26. The van der Waals surface area contributed by atoms with Crippen LogP contribution in [0.3, 0.4) is 0 Å². The highest BCUT2D eigenvalue weighted by Gasteiger charge is 2.21. The lowest BCUT2D eigenvalue weighted by Gasteiger charge is -2.28. The van der Waals surface area contributed by atoms with Crippen LogP contribution in [0.1, 0.15) is 37.3 Å². The van der Waals surface area contributed by atoms with E-state index in [9.17, 15) is 0 Å². The summed E-state index contributed by atoms with van der Waals surface area (Å²) in [7, 11) is 2.06. The van der Waals surface area contributed by atoms with Crippen LogP contribution >= 0.6 is 0 Å². The SMILES string of the molecule is CNC1CCC(n2cc(C)cn2)CC1. The molecule has 0 radical (unpaired) electrons. The third kappa shape index (κ3) is 1.98. The molecule has 1 fully saturated rings. The van der Waals surface area contributed by atoms with Crippen LogP contribution in [-0.2, 0) is 0 Å². The zero-order valence-electron chi connectivity index (χ0n) is 9.03. The van der Waals surface area contributed by atoms with Gasteiger partial charge in [-0.15, -0.1) is 0 Å². The minimum absolute atomic E-state index is 0.633. The molecule has 1 heterocycles. The molecular formula is C11H19N3. The Balaban J connectivity index is 1.95. The molecular weight excluding hydrogens is 174 g/mol. The highest BCUT2D eigenvalue weighted by Crippen LogP contribution is 2.27. The van der Waals surface area contributed by atoms with Gasteiger partial charge in [0.25, 0.3) is 0 Å². The first-order chi connectivity index (χ1) is 6.79. The molecule has 0 atom stereocenters. The standard InChI is InChI=1S/C11H19N3/c1-9-7-13-14(8-9)11-5-3-10(12-2)4-6-11/h7-8,10-12H,3-6H2,1-2H3. The van der Waals surface area contributed by atoms with E-state index in [1.807, 2.05) is 6.20 Å². The molecule has 14 heavy (non-hydrogen) atoms. The molecule has 0 amide bonds. The van der Waals surface area contributed by atoms with Gasteiger partial charge in [-0.25, -0.2) is 0 Å². The molecule has 2 rings (SSSR count). The number of aryl methyl sites for hydroxylation is 1. The van der Waals surface area contributed by atoms with Crippen molar-refractivity contribution in [2.24, 2.45) is 0 Å². The topological polar surface area (TPSA) is 29.9 Å². The van der Waals surface area contributed by atoms with Crippen LogP contribution in [0.2, 0.25) is 0 Å². The van der Waals surface area contributed by atoms with E-state index in [0.717, 1.165) is 6.04 Å². The Morgan fingerprint density at radius 1 is 1.36 bits per heavy atom. The van der Waals surface area contributed by atoms with Gasteiger partial charge in [0, 0.05) is 12.2 Å². The van der Waals surface area contributed by atoms with Gasteiger partial charge in [0.2, 0.25) is 0 Å². The Morgan fingerprint density at radius 2 is 2.07 bits per heavy atom. The largest absolute Gasteiger partial charge is 0.317 e. The summed E-state index contributed by atoms with van der Waals surface area (Å²) >= 11 is 0. The van der Waals surface area contributed by atoms with Crippen molar-refractivity contribution in [3.8, 4) is 0 Å². The van der Waals surface area contributed by atoms with Gasteiger partial charge in [-0.2, -0.15) is 5.10 Å². The first-order valence-electron chi connectivity index (χ1n) is 5.47. The minimum atomic E-state index is 0.633. The summed E-state index contributed by atoms with van der Waals surface area (Å²) in [5.74, 6) is 0. The predicted molar refractivity (Wildman–Crippen MR) is 57.3 cm³/mol. The fourth-order valence-corrected chi connectivity index (χ4v) is 2.26. The Bertz CT molecular complexity index is 284. The number of nitrogens with zero attached hydrogens (tertiary/aromatic N) is 2. The zero-order chi connectivity index (χ0) is 9.97. The van der Waals surface area contributed by atoms with Crippen LogP contribution < -0.4 is 5.32 Å². The fraction of sp³-hybridized carbons (Fsp3) is 0.727. The molecule has 0 aliphatic heterocycles. The third-order valence-electron chi connectivity index (χ3n) is 3.21. The average Bonchev–Trinajstić information content (AvgIpc) is 2.65. The van der Waals surface area contributed by atoms with Crippen LogP contribution in [-0.4, -0.2) is 22.9 Å². The van der Waals surface area contributed by atoms with Crippen molar-refractivity contribution in [3.63, 3.8) is 0 Å². The first kappa shape index (κ1) is 9.71. The van der Waals surface area contributed by atoms with Crippen LogP contribution in [0.25, 0.3) is 0 Å². The van der Waals surface area contributed by atoms with E-state index >= 15 is 0 Å². The monoisotopic (exact) mass is 193 g/mol. The smallest absolute Gasteiger partial charge is 0.0520 e. The highest BCUT2D eigenvalue weighted by molar-refractivity contribution is 5.00. The summed E-state index contributed by atoms with van der Waals surface area (Å²) in [5, 5.41) is 7.74. The zero-order valence-corrected chi connectivity index (χ0v) is 9.03. The quantitative estimate of drug-likeness (QED) is 0.777. The van der Waals surface area contributed by atoms with Crippen LogP contribution in [0, 0.1) is 6.92 Å². The minimum Gasteiger partial charge on any atom is -0.317 e. The van der Waals surface area contributed by atoms with Crippen LogP contribution in [0.15, 0.2) is 12.4 Å². The maximum Gasteiger partial charge on any atom is 0.0520 e. The van der Waals surface area contributed by atoms with Crippen molar-refractivity contribution in [3.05, 3.63) is 18.0 Å². The molecule has 1 aliphatic rings. The first-order valence-corrected chi connectivity index (χ1v) is 5.47. The second-order valence-electron chi connectivity index (χ2n) is 4.29. The molecule has 1 aliphatic carbocycles. The van der Waals surface area contributed by atoms with Gasteiger partial charge < -0.3 is 5.32 Å². The molecule has 0 aromatic carbocycles. The third-order valence-corrected chi connectivity index (χ3v) is 3.21. The Labute approximate surface area is 85.5 Å². The number of hydrogen-bond acceptors (Lipinski definition) is 2. The highest BCUT2D eigenvalue weighted by atomic mass is 15.3. The predicted octanol–water partition coefficient (Wildman–Crippen LogP) is 1.89. The maximum atomic E-state index is 4.39. The van der Waals surface area contributed by atoms with Crippen molar-refractivity contribution >= 4 is 0 Å². The molecule has 3 heteroatoms. The van der Waals surface area contributed by atoms with E-state index in [2.05, 4.69) is 35.3 Å². The number of aromatic nitrogens is 2. The molecule has 0 unspecified atom stereocenters. The van der Waals surface area contributed by atoms with E-state index in [1.165, 1.54) is 31.2 Å². The van der Waals surface area contributed by atoms with Gasteiger partial charge in [-0.1, -0.05) is 0 Å². The molecule has 0 bridgehead atoms. The summed E-state index contributed by atoms with van der Waals surface area (Å²) < 4.78 is 2.14. The maximum absolute atomic E-state index is 4.39. The Hall–Kier alpha value is -0.830. The normalized spacial score (nSPS) is 27.9. The summed E-state index contributed by atoms with van der Waals surface area (Å²) in [5.41, 5.74) is 1.26. The number of rotatable bonds is 2. The Morgan fingerprint density at radius 3 is 2.57 bits per heavy atom. The summed E-state index contributed by atoms with van der Waals surface area (Å²) in [4.78, 5) is 0. The van der Waals surface area contributed by atoms with Gasteiger partial charge in [0.1, 0.15) is 0 Å². The van der Waals surface area contributed by atoms with Gasteiger partial charge in [-0.05, 0) is 45.2 Å². The lowest BCUT2D eigenvalue weighted by Crippen LogP contribution is -2.31. The van der Waals surface area contributed by atoms with E-state index in [-0.39, 0.29) is 0 Å². The molecule has 78 valence electrons. The average molecular weight is 193 g/mol. The van der Waals surface area contributed by atoms with Crippen molar-refractivity contribution in [2.45, 2.75) is 44.7 Å². The Kier molecular flexibility index (Phi) is 2.87. The van der Waals surface area contributed by atoms with Gasteiger partial charge in [-0.3, -0.25) is 4.68 Å². The van der Waals surface area contributed by atoms with Gasteiger partial charge >= 0.3 is 0 Å². The van der Waals surface area contributed by atoms with Crippen molar-refractivity contribution in [2.75, 3.05) is 7.05 Å². The van der Waals surface area contributed by atoms with E-state index in [0.29, 0.717) is 6.04 Å². The number of hydrogen-bond donors (Lipinski definition) is 1. The van der Waals surface area contributed by atoms with Crippen LogP contribution in [0.4, 0.5) is 0 Å². The molecule has 0 saturated heterocycles. The molecule has 1 saturated carbocycles. The molecule has 1 aromatic heterocycles. The van der Waals surface area contributed by atoms with Gasteiger partial charge in [0.05, 0.1) is 12.2 Å². The van der Waals surface area contributed by atoms with E-state index < -0.39 is 0 Å². The van der Waals surface area contributed by atoms with Crippen molar-refractivity contribution < 1.29 is 0 Å². The summed E-state index contributed by atoms with van der Waals surface area (Å²) in [6.07, 6.45) is 9.17. The second-order valence-corrected chi connectivity index (χ2v) is 4.29. The van der Waals surface area contributed by atoms with Crippen LogP contribution in [0.5, 0.6) is 0 Å². The molecule has 1 N–H and O–H groups in total. The molecule has 0 spiro atoms. The molecule has 1 aromatic rings. The molecule has 3 nitrogen and oxygen atoms in total. The lowest BCUT2D eigenvalue weighted by molar-refractivity contribution is 0.284. The second kappa shape index (κ2) is 4.13. The van der Waals surface area contributed by atoms with Gasteiger partial charge in [0.15, 0.2) is 0 Å². The number of nitrogens with one attached hydrogen (secondary N) is 1. The van der Waals surface area contributed by atoms with E-state index in [1.54, 1.807) is 0 Å².